The molecule has 6 nitrogen and oxygen atoms in total. The second-order valence-corrected chi connectivity index (χ2v) is 4.98. The van der Waals surface area contributed by atoms with Gasteiger partial charge in [0.2, 0.25) is 5.95 Å². The zero-order valence-electron chi connectivity index (χ0n) is 12.6. The third-order valence-corrected chi connectivity index (χ3v) is 3.24. The molecule has 0 unspecified atom stereocenters. The quantitative estimate of drug-likeness (QED) is 0.588. The van der Waals surface area contributed by atoms with E-state index >= 15 is 0 Å². The highest BCUT2D eigenvalue weighted by molar-refractivity contribution is 5.74. The smallest absolute Gasteiger partial charge is 0.382 e. The third kappa shape index (κ3) is 3.53. The number of aromatic nitrogens is 4. The van der Waals surface area contributed by atoms with E-state index in [0.717, 1.165) is 12.1 Å². The fourth-order valence-electron chi connectivity index (χ4n) is 2.13. The molecular formula is C16H11F3N6. The summed E-state index contributed by atoms with van der Waals surface area (Å²) in [7, 11) is 0. The standard InChI is InChI=1S/C16H11F3N6/c17-16(18,19)10-3-1-2-9(6-10)13-12(14(20)25-15(21)24-13)5-4-11-7-22-8-23-11/h1-3,6-8H,(H,22,23)(H4,20,21,24,25). The SMILES string of the molecule is Nc1nc(N)c(C#Cc2cnc[nH]2)c(-c2cccc(C(F)(F)F)c2)n1. The number of alkyl halides is 3. The van der Waals surface area contributed by atoms with Gasteiger partial charge < -0.3 is 16.5 Å². The number of nitrogens with two attached hydrogens (primary N) is 2. The molecule has 3 rings (SSSR count). The Labute approximate surface area is 140 Å². The zero-order valence-corrected chi connectivity index (χ0v) is 12.6. The number of imidazole rings is 1. The molecule has 0 aliphatic heterocycles. The predicted octanol–water partition coefficient (Wildman–Crippen LogP) is 2.45. The first kappa shape index (κ1) is 16.3. The van der Waals surface area contributed by atoms with Gasteiger partial charge in [-0.1, -0.05) is 18.1 Å². The van der Waals surface area contributed by atoms with E-state index in [1.54, 1.807) is 0 Å². The third-order valence-electron chi connectivity index (χ3n) is 3.24. The lowest BCUT2D eigenvalue weighted by atomic mass is 10.0. The van der Waals surface area contributed by atoms with E-state index in [9.17, 15) is 13.2 Å². The number of aromatic amines is 1. The maximum atomic E-state index is 13.0. The Hall–Kier alpha value is -3.54. The molecule has 0 bridgehead atoms. The van der Waals surface area contributed by atoms with E-state index in [4.69, 9.17) is 11.5 Å². The van der Waals surface area contributed by atoms with Gasteiger partial charge >= 0.3 is 6.18 Å². The summed E-state index contributed by atoms with van der Waals surface area (Å²) in [6.07, 6.45) is -1.55. The van der Waals surface area contributed by atoms with Crippen LogP contribution in [0.2, 0.25) is 0 Å². The first-order valence-electron chi connectivity index (χ1n) is 6.95. The molecule has 0 spiro atoms. The predicted molar refractivity (Wildman–Crippen MR) is 85.9 cm³/mol. The van der Waals surface area contributed by atoms with Crippen LogP contribution in [-0.4, -0.2) is 19.9 Å². The molecule has 0 fully saturated rings. The molecule has 2 aromatic heterocycles. The van der Waals surface area contributed by atoms with Crippen molar-refractivity contribution in [2.45, 2.75) is 6.18 Å². The Morgan fingerprint density at radius 3 is 2.56 bits per heavy atom. The number of anilines is 2. The Morgan fingerprint density at radius 2 is 1.88 bits per heavy atom. The normalized spacial score (nSPS) is 11.0. The fourth-order valence-corrected chi connectivity index (χ4v) is 2.13. The minimum atomic E-state index is -4.48. The van der Waals surface area contributed by atoms with Gasteiger partial charge in [0, 0.05) is 5.56 Å². The van der Waals surface area contributed by atoms with Gasteiger partial charge in [-0.2, -0.15) is 18.2 Å². The zero-order chi connectivity index (χ0) is 18.0. The van der Waals surface area contributed by atoms with Gasteiger partial charge in [0.1, 0.15) is 11.5 Å². The number of nitrogens with one attached hydrogen (secondary N) is 1. The first-order chi connectivity index (χ1) is 11.8. The van der Waals surface area contributed by atoms with Crippen LogP contribution in [0.3, 0.4) is 0 Å². The fraction of sp³-hybridized carbons (Fsp3) is 0.0625. The molecule has 3 aromatic rings. The second-order valence-electron chi connectivity index (χ2n) is 4.98. The summed E-state index contributed by atoms with van der Waals surface area (Å²) >= 11 is 0. The van der Waals surface area contributed by atoms with Crippen LogP contribution in [0.15, 0.2) is 36.8 Å². The first-order valence-corrected chi connectivity index (χ1v) is 6.95. The topological polar surface area (TPSA) is 106 Å². The summed E-state index contributed by atoms with van der Waals surface area (Å²) in [5.74, 6) is 5.35. The lowest BCUT2D eigenvalue weighted by molar-refractivity contribution is -0.137. The molecule has 9 heteroatoms. The number of benzene rings is 1. The highest BCUT2D eigenvalue weighted by atomic mass is 19.4. The Morgan fingerprint density at radius 1 is 1.08 bits per heavy atom. The summed E-state index contributed by atoms with van der Waals surface area (Å²) in [6.45, 7) is 0. The van der Waals surface area contributed by atoms with Gasteiger partial charge in [0.25, 0.3) is 0 Å². The summed E-state index contributed by atoms with van der Waals surface area (Å²) in [5.41, 5.74) is 11.6. The van der Waals surface area contributed by atoms with E-state index in [1.807, 2.05) is 0 Å². The van der Waals surface area contributed by atoms with Crippen LogP contribution in [0.5, 0.6) is 0 Å². The molecule has 5 N–H and O–H groups in total. The van der Waals surface area contributed by atoms with Crippen LogP contribution in [0.1, 0.15) is 16.8 Å². The molecule has 126 valence electrons. The van der Waals surface area contributed by atoms with Gasteiger partial charge in [0.05, 0.1) is 29.3 Å². The highest BCUT2D eigenvalue weighted by Crippen LogP contribution is 2.33. The number of hydrogen-bond donors (Lipinski definition) is 3. The molecule has 2 heterocycles. The van der Waals surface area contributed by atoms with E-state index in [2.05, 4.69) is 31.8 Å². The molecular weight excluding hydrogens is 333 g/mol. The Balaban J connectivity index is 2.16. The van der Waals surface area contributed by atoms with Crippen molar-refractivity contribution in [2.24, 2.45) is 0 Å². The van der Waals surface area contributed by atoms with Crippen molar-refractivity contribution in [3.8, 4) is 23.1 Å². The number of nitrogens with zero attached hydrogens (tertiary/aromatic N) is 3. The number of hydrogen-bond acceptors (Lipinski definition) is 5. The molecule has 0 aliphatic carbocycles. The van der Waals surface area contributed by atoms with Crippen molar-refractivity contribution in [3.05, 3.63) is 53.6 Å². The van der Waals surface area contributed by atoms with Gasteiger partial charge in [-0.25, -0.2) is 9.97 Å². The maximum absolute atomic E-state index is 13.0. The van der Waals surface area contributed by atoms with Gasteiger partial charge in [-0.15, -0.1) is 0 Å². The van der Waals surface area contributed by atoms with Gasteiger partial charge in [-0.05, 0) is 18.1 Å². The van der Waals surface area contributed by atoms with Crippen LogP contribution in [0.25, 0.3) is 11.3 Å². The van der Waals surface area contributed by atoms with Crippen LogP contribution >= 0.6 is 0 Å². The summed E-state index contributed by atoms with van der Waals surface area (Å²) < 4.78 is 38.9. The van der Waals surface area contributed by atoms with Gasteiger partial charge in [-0.3, -0.25) is 0 Å². The number of H-pyrrole nitrogens is 1. The molecule has 0 saturated heterocycles. The van der Waals surface area contributed by atoms with E-state index < -0.39 is 11.7 Å². The molecule has 0 amide bonds. The van der Waals surface area contributed by atoms with Crippen molar-refractivity contribution in [1.29, 1.82) is 0 Å². The number of rotatable bonds is 1. The van der Waals surface area contributed by atoms with Crippen LogP contribution in [0, 0.1) is 11.8 Å². The summed E-state index contributed by atoms with van der Waals surface area (Å²) in [5, 5.41) is 0. The van der Waals surface area contributed by atoms with Crippen molar-refractivity contribution < 1.29 is 13.2 Å². The highest BCUT2D eigenvalue weighted by Gasteiger charge is 2.30. The number of nitrogen functional groups attached to an aromatic ring is 2. The average molecular weight is 344 g/mol. The van der Waals surface area contributed by atoms with Crippen LogP contribution in [-0.2, 0) is 6.18 Å². The van der Waals surface area contributed by atoms with Crippen molar-refractivity contribution >= 4 is 11.8 Å². The maximum Gasteiger partial charge on any atom is 0.416 e. The Bertz CT molecular complexity index is 968. The van der Waals surface area contributed by atoms with E-state index in [-0.39, 0.29) is 28.6 Å². The lowest BCUT2D eigenvalue weighted by Crippen LogP contribution is -2.07. The average Bonchev–Trinajstić information content (AvgIpc) is 3.06. The molecule has 1 aromatic carbocycles. The van der Waals surface area contributed by atoms with Crippen molar-refractivity contribution in [2.75, 3.05) is 11.5 Å². The Kier molecular flexibility index (Phi) is 4.02. The molecule has 0 radical (unpaired) electrons. The van der Waals surface area contributed by atoms with Crippen LogP contribution in [0.4, 0.5) is 24.9 Å². The molecule has 0 atom stereocenters. The van der Waals surface area contributed by atoms with Crippen molar-refractivity contribution in [3.63, 3.8) is 0 Å². The molecule has 25 heavy (non-hydrogen) atoms. The summed E-state index contributed by atoms with van der Waals surface area (Å²) in [4.78, 5) is 14.5. The van der Waals surface area contributed by atoms with Crippen LogP contribution < -0.4 is 11.5 Å². The molecule has 0 saturated carbocycles. The number of halogens is 3. The second kappa shape index (κ2) is 6.16. The molecule has 0 aliphatic rings. The largest absolute Gasteiger partial charge is 0.416 e. The lowest BCUT2D eigenvalue weighted by Gasteiger charge is -2.11. The van der Waals surface area contributed by atoms with E-state index in [0.29, 0.717) is 5.69 Å². The minimum absolute atomic E-state index is 0.0214. The minimum Gasteiger partial charge on any atom is -0.382 e. The van der Waals surface area contributed by atoms with E-state index in [1.165, 1.54) is 24.7 Å². The van der Waals surface area contributed by atoms with Gasteiger partial charge in [0.15, 0.2) is 0 Å². The van der Waals surface area contributed by atoms with Crippen molar-refractivity contribution in [1.82, 2.24) is 19.9 Å². The monoisotopic (exact) mass is 344 g/mol. The summed E-state index contributed by atoms with van der Waals surface area (Å²) in [6, 6.07) is 4.67.